The van der Waals surface area contributed by atoms with E-state index in [1.54, 1.807) is 30.3 Å². The smallest absolute Gasteiger partial charge is 0.345 e. The van der Waals surface area contributed by atoms with Crippen molar-refractivity contribution in [3.05, 3.63) is 54.2 Å². The van der Waals surface area contributed by atoms with E-state index in [1.807, 2.05) is 0 Å². The molecule has 4 atom stereocenters. The molecule has 0 radical (unpaired) electrons. The highest BCUT2D eigenvalue weighted by atomic mass is 19.3. The fourth-order valence-electron chi connectivity index (χ4n) is 3.48. The Morgan fingerprint density at radius 1 is 0.925 bits per heavy atom. The maximum absolute atomic E-state index is 13.1. The van der Waals surface area contributed by atoms with Gasteiger partial charge in [0.05, 0.1) is 32.1 Å². The van der Waals surface area contributed by atoms with Gasteiger partial charge in [-0.3, -0.25) is 19.2 Å². The van der Waals surface area contributed by atoms with E-state index in [2.05, 4.69) is 30.4 Å². The summed E-state index contributed by atoms with van der Waals surface area (Å²) < 4.78 is 69.3. The van der Waals surface area contributed by atoms with Crippen LogP contribution < -0.4 is 16.0 Å². The number of ether oxygens (including phenoxy) is 3. The standard InChI is InChI=1S/C24H26F4N4O8/c1-24(11-40-24)18(33)14(7-13-5-3-2-4-6-13)30-19(34)15(9-37-22(25)26)31-20(35)16(10-38-23(27)28)32-21(36)17-8-29-12-39-17/h2-6,8,12,14-16,22-23H,7,9-11H2,1H3,(H,30,34)(H,31,35)(H,32,36)/t14-,15-,16-,24-/m0/s1. The van der Waals surface area contributed by atoms with Crippen LogP contribution in [0.3, 0.4) is 0 Å². The Morgan fingerprint density at radius 3 is 1.98 bits per heavy atom. The molecule has 0 bridgehead atoms. The van der Waals surface area contributed by atoms with E-state index in [9.17, 15) is 36.7 Å². The summed E-state index contributed by atoms with van der Waals surface area (Å²) in [5, 5.41) is 6.56. The van der Waals surface area contributed by atoms with E-state index in [4.69, 9.17) is 9.15 Å². The summed E-state index contributed by atoms with van der Waals surface area (Å²) in [6.45, 7) is -7.15. The van der Waals surface area contributed by atoms with Crippen LogP contribution in [0.1, 0.15) is 23.0 Å². The normalized spacial score (nSPS) is 18.6. The molecular formula is C24H26F4N4O8. The molecule has 3 amide bonds. The Labute approximate surface area is 224 Å². The number of carbonyl (C=O) groups is 4. The Hall–Kier alpha value is -3.89. The SMILES string of the molecule is C[C@@]1(C(=O)[C@H](Cc2ccccc2)NC(=O)[C@H](COC(F)F)NC(=O)[C@H](COC(F)F)NC(=O)c2cnco2)CO1. The average Bonchev–Trinajstić information content (AvgIpc) is 3.42. The van der Waals surface area contributed by atoms with Gasteiger partial charge in [0.15, 0.2) is 12.2 Å². The number of oxazole rings is 1. The van der Waals surface area contributed by atoms with Crippen LogP contribution in [-0.2, 0) is 35.0 Å². The van der Waals surface area contributed by atoms with Crippen molar-refractivity contribution >= 4 is 23.5 Å². The van der Waals surface area contributed by atoms with Crippen LogP contribution in [-0.4, -0.2) is 85.3 Å². The number of aromatic nitrogens is 1. The first-order valence-corrected chi connectivity index (χ1v) is 11.8. The van der Waals surface area contributed by atoms with Crippen molar-refractivity contribution in [2.45, 2.75) is 50.3 Å². The van der Waals surface area contributed by atoms with E-state index in [-0.39, 0.29) is 18.8 Å². The first kappa shape index (κ1) is 30.6. The zero-order valence-corrected chi connectivity index (χ0v) is 21.0. The van der Waals surface area contributed by atoms with Gasteiger partial charge in [-0.25, -0.2) is 4.98 Å². The van der Waals surface area contributed by atoms with Crippen LogP contribution in [0.25, 0.3) is 0 Å². The van der Waals surface area contributed by atoms with Crippen molar-refractivity contribution in [1.29, 1.82) is 0 Å². The summed E-state index contributed by atoms with van der Waals surface area (Å²) in [4.78, 5) is 54.9. The van der Waals surface area contributed by atoms with Gasteiger partial charge in [-0.05, 0) is 18.9 Å². The third kappa shape index (κ3) is 9.10. The quantitative estimate of drug-likeness (QED) is 0.195. The van der Waals surface area contributed by atoms with Gasteiger partial charge in [0, 0.05) is 0 Å². The highest BCUT2D eigenvalue weighted by Crippen LogP contribution is 2.29. The summed E-state index contributed by atoms with van der Waals surface area (Å²) in [6, 6.07) is 3.72. The number of epoxide rings is 1. The second kappa shape index (κ2) is 14.0. The fourth-order valence-corrected chi connectivity index (χ4v) is 3.48. The number of alkyl halides is 4. The molecular weight excluding hydrogens is 548 g/mol. The number of Topliss-reactive ketones (excluding diaryl/α,β-unsaturated/α-hetero) is 1. The lowest BCUT2D eigenvalue weighted by molar-refractivity contribution is -0.152. The van der Waals surface area contributed by atoms with Crippen molar-refractivity contribution in [1.82, 2.24) is 20.9 Å². The van der Waals surface area contributed by atoms with Crippen LogP contribution in [0.5, 0.6) is 0 Å². The Kier molecular flexibility index (Phi) is 10.7. The summed E-state index contributed by atoms with van der Waals surface area (Å²) in [6.07, 6.45) is 1.90. The number of nitrogens with one attached hydrogen (secondary N) is 3. The number of carbonyl (C=O) groups excluding carboxylic acids is 4. The molecule has 2 aromatic rings. The first-order valence-electron chi connectivity index (χ1n) is 11.8. The van der Waals surface area contributed by atoms with E-state index in [0.29, 0.717) is 5.56 Å². The zero-order chi connectivity index (χ0) is 29.3. The predicted molar refractivity (Wildman–Crippen MR) is 125 cm³/mol. The van der Waals surface area contributed by atoms with Gasteiger partial charge in [-0.15, -0.1) is 0 Å². The van der Waals surface area contributed by atoms with E-state index in [1.165, 1.54) is 6.92 Å². The highest BCUT2D eigenvalue weighted by Gasteiger charge is 2.50. The zero-order valence-electron chi connectivity index (χ0n) is 21.0. The van der Waals surface area contributed by atoms with E-state index >= 15 is 0 Å². The molecule has 2 heterocycles. The van der Waals surface area contributed by atoms with Crippen molar-refractivity contribution in [2.24, 2.45) is 0 Å². The minimum Gasteiger partial charge on any atom is -0.438 e. The monoisotopic (exact) mass is 574 g/mol. The molecule has 1 aromatic heterocycles. The third-order valence-electron chi connectivity index (χ3n) is 5.70. The van der Waals surface area contributed by atoms with E-state index < -0.39 is 73.7 Å². The highest BCUT2D eigenvalue weighted by molar-refractivity contribution is 5.99. The number of benzene rings is 1. The molecule has 1 fully saturated rings. The largest absolute Gasteiger partial charge is 0.438 e. The molecule has 0 spiro atoms. The number of nitrogens with zero attached hydrogens (tertiary/aromatic N) is 1. The molecule has 3 N–H and O–H groups in total. The Morgan fingerprint density at radius 2 is 1.48 bits per heavy atom. The maximum Gasteiger partial charge on any atom is 0.345 e. The van der Waals surface area contributed by atoms with Crippen molar-refractivity contribution < 1.29 is 55.4 Å². The van der Waals surface area contributed by atoms with Gasteiger partial charge in [0.25, 0.3) is 5.91 Å². The second-order valence-corrected chi connectivity index (χ2v) is 8.78. The van der Waals surface area contributed by atoms with Gasteiger partial charge < -0.3 is 34.6 Å². The number of halogens is 4. The first-order chi connectivity index (χ1) is 19.0. The van der Waals surface area contributed by atoms with Crippen LogP contribution in [0.2, 0.25) is 0 Å². The Balaban J connectivity index is 1.76. The van der Waals surface area contributed by atoms with Crippen LogP contribution >= 0.6 is 0 Å². The number of hydrogen-bond acceptors (Lipinski definition) is 9. The molecule has 0 unspecified atom stereocenters. The topological polar surface area (TPSA) is 161 Å². The number of ketones is 1. The number of amides is 3. The average molecular weight is 574 g/mol. The van der Waals surface area contributed by atoms with Gasteiger partial charge >= 0.3 is 13.2 Å². The Bertz CT molecular complexity index is 1150. The van der Waals surface area contributed by atoms with Gasteiger partial charge in [0.2, 0.25) is 17.6 Å². The summed E-state index contributed by atoms with van der Waals surface area (Å²) in [5.74, 6) is -4.25. The molecule has 0 aliphatic carbocycles. The van der Waals surface area contributed by atoms with Crippen molar-refractivity contribution in [3.63, 3.8) is 0 Å². The molecule has 0 saturated carbocycles. The van der Waals surface area contributed by atoms with Crippen molar-refractivity contribution in [3.8, 4) is 0 Å². The van der Waals surface area contributed by atoms with Gasteiger partial charge in [-0.2, -0.15) is 17.6 Å². The van der Waals surface area contributed by atoms with Gasteiger partial charge in [-0.1, -0.05) is 30.3 Å². The van der Waals surface area contributed by atoms with E-state index in [0.717, 1.165) is 12.6 Å². The second-order valence-electron chi connectivity index (χ2n) is 8.78. The summed E-state index contributed by atoms with van der Waals surface area (Å²) in [7, 11) is 0. The van der Waals surface area contributed by atoms with Crippen molar-refractivity contribution in [2.75, 3.05) is 19.8 Å². The number of rotatable bonds is 16. The third-order valence-corrected chi connectivity index (χ3v) is 5.70. The summed E-state index contributed by atoms with van der Waals surface area (Å²) in [5.41, 5.74) is -0.498. The summed E-state index contributed by atoms with van der Waals surface area (Å²) >= 11 is 0. The van der Waals surface area contributed by atoms with Crippen LogP contribution in [0.4, 0.5) is 17.6 Å². The maximum atomic E-state index is 13.1. The van der Waals surface area contributed by atoms with Crippen LogP contribution in [0.15, 0.2) is 47.3 Å². The molecule has 40 heavy (non-hydrogen) atoms. The minimum atomic E-state index is -3.34. The lowest BCUT2D eigenvalue weighted by Crippen LogP contribution is -2.59. The lowest BCUT2D eigenvalue weighted by atomic mass is 9.94. The lowest BCUT2D eigenvalue weighted by Gasteiger charge is -2.25. The van der Waals surface area contributed by atoms with Crippen LogP contribution in [0, 0.1) is 0 Å². The fraction of sp³-hybridized carbons (Fsp3) is 0.458. The molecule has 1 aliphatic heterocycles. The molecule has 12 nitrogen and oxygen atoms in total. The molecule has 16 heteroatoms. The molecule has 1 aromatic carbocycles. The minimum absolute atomic E-state index is 0.0127. The molecule has 1 aliphatic rings. The molecule has 1 saturated heterocycles. The molecule has 218 valence electrons. The molecule has 3 rings (SSSR count). The predicted octanol–water partition coefficient (Wildman–Crippen LogP) is 0.822. The van der Waals surface area contributed by atoms with Gasteiger partial charge in [0.1, 0.15) is 17.7 Å². The number of hydrogen-bond donors (Lipinski definition) is 3.